The number of hydrogen-bond donors (Lipinski definition) is 2. The maximum atomic E-state index is 11.8. The normalized spacial score (nSPS) is 10.4. The molecule has 21 heavy (non-hydrogen) atoms. The first-order chi connectivity index (χ1) is 10.1. The highest BCUT2D eigenvalue weighted by molar-refractivity contribution is 9.10. The van der Waals surface area contributed by atoms with Crippen LogP contribution in [0.3, 0.4) is 0 Å². The summed E-state index contributed by atoms with van der Waals surface area (Å²) in [5.41, 5.74) is 1.84. The van der Waals surface area contributed by atoms with Gasteiger partial charge in [0.1, 0.15) is 5.76 Å². The third-order valence-corrected chi connectivity index (χ3v) is 4.27. The summed E-state index contributed by atoms with van der Waals surface area (Å²) in [6, 6.07) is 9.39. The molecule has 0 fully saturated rings. The Morgan fingerprint density at radius 2 is 2.24 bits per heavy atom. The summed E-state index contributed by atoms with van der Waals surface area (Å²) < 4.78 is 6.24. The molecule has 1 aromatic carbocycles. The smallest absolute Gasteiger partial charge is 0.319 e. The van der Waals surface area contributed by atoms with Crippen LogP contribution in [0.2, 0.25) is 0 Å². The Morgan fingerprint density at radius 1 is 1.38 bits per heavy atom. The van der Waals surface area contributed by atoms with E-state index in [1.807, 2.05) is 37.3 Å². The van der Waals surface area contributed by atoms with Gasteiger partial charge in [0.25, 0.3) is 0 Å². The highest BCUT2D eigenvalue weighted by Crippen LogP contribution is 2.19. The average molecular weight is 369 g/mol. The van der Waals surface area contributed by atoms with Gasteiger partial charge in [-0.3, -0.25) is 0 Å². The minimum atomic E-state index is -0.181. The highest BCUT2D eigenvalue weighted by Gasteiger charge is 2.04. The summed E-state index contributed by atoms with van der Waals surface area (Å²) in [4.78, 5) is 11.8. The predicted molar refractivity (Wildman–Crippen MR) is 90.8 cm³/mol. The van der Waals surface area contributed by atoms with E-state index in [1.54, 1.807) is 18.0 Å². The number of anilines is 1. The minimum absolute atomic E-state index is 0.181. The van der Waals surface area contributed by atoms with Crippen LogP contribution >= 0.6 is 27.7 Å². The van der Waals surface area contributed by atoms with Gasteiger partial charge in [0, 0.05) is 22.5 Å². The van der Waals surface area contributed by atoms with Crippen LogP contribution in [0.25, 0.3) is 0 Å². The Hall–Kier alpha value is -1.40. The van der Waals surface area contributed by atoms with Gasteiger partial charge < -0.3 is 15.1 Å². The Kier molecular flexibility index (Phi) is 6.20. The van der Waals surface area contributed by atoms with E-state index in [-0.39, 0.29) is 6.03 Å². The summed E-state index contributed by atoms with van der Waals surface area (Å²) in [6.07, 6.45) is 1.67. The van der Waals surface area contributed by atoms with Crippen LogP contribution in [-0.2, 0) is 5.75 Å². The molecule has 0 unspecified atom stereocenters. The van der Waals surface area contributed by atoms with E-state index < -0.39 is 0 Å². The molecule has 2 N–H and O–H groups in total. The number of carbonyl (C=O) groups is 1. The first-order valence-electron chi connectivity index (χ1n) is 6.56. The van der Waals surface area contributed by atoms with Gasteiger partial charge in [-0.2, -0.15) is 11.8 Å². The first-order valence-corrected chi connectivity index (χ1v) is 8.51. The maximum absolute atomic E-state index is 11.8. The second kappa shape index (κ2) is 8.14. The largest absolute Gasteiger partial charge is 0.468 e. The lowest BCUT2D eigenvalue weighted by Gasteiger charge is -2.10. The van der Waals surface area contributed by atoms with Gasteiger partial charge in [-0.1, -0.05) is 15.9 Å². The van der Waals surface area contributed by atoms with Crippen molar-refractivity contribution in [1.29, 1.82) is 0 Å². The lowest BCUT2D eigenvalue weighted by molar-refractivity contribution is 0.252. The van der Waals surface area contributed by atoms with E-state index in [0.29, 0.717) is 6.54 Å². The van der Waals surface area contributed by atoms with Crippen molar-refractivity contribution in [3.05, 3.63) is 52.4 Å². The van der Waals surface area contributed by atoms with Gasteiger partial charge in [0.05, 0.1) is 12.0 Å². The Morgan fingerprint density at radius 3 is 2.95 bits per heavy atom. The molecule has 4 nitrogen and oxygen atoms in total. The standard InChI is InChI=1S/C15H17BrN2O2S/c1-11-9-12(16)4-5-14(11)18-15(19)17-6-8-21-10-13-3-2-7-20-13/h2-5,7,9H,6,8,10H2,1H3,(H2,17,18,19). The number of benzene rings is 1. The summed E-state index contributed by atoms with van der Waals surface area (Å²) in [5.74, 6) is 2.62. The lowest BCUT2D eigenvalue weighted by Crippen LogP contribution is -2.30. The molecule has 0 aliphatic heterocycles. The van der Waals surface area contributed by atoms with Crippen molar-refractivity contribution in [2.45, 2.75) is 12.7 Å². The molecule has 0 atom stereocenters. The summed E-state index contributed by atoms with van der Waals surface area (Å²) >= 11 is 5.12. The minimum Gasteiger partial charge on any atom is -0.468 e. The topological polar surface area (TPSA) is 54.3 Å². The monoisotopic (exact) mass is 368 g/mol. The molecule has 112 valence electrons. The maximum Gasteiger partial charge on any atom is 0.319 e. The van der Waals surface area contributed by atoms with Crippen LogP contribution in [-0.4, -0.2) is 18.3 Å². The van der Waals surface area contributed by atoms with Gasteiger partial charge in [0.2, 0.25) is 0 Å². The highest BCUT2D eigenvalue weighted by atomic mass is 79.9. The molecule has 0 saturated heterocycles. The van der Waals surface area contributed by atoms with Crippen LogP contribution in [0, 0.1) is 6.92 Å². The Balaban J connectivity index is 1.65. The number of urea groups is 1. The number of furan rings is 1. The number of aryl methyl sites for hydroxylation is 1. The molecule has 2 rings (SSSR count). The van der Waals surface area contributed by atoms with Crippen LogP contribution < -0.4 is 10.6 Å². The lowest BCUT2D eigenvalue weighted by atomic mass is 10.2. The van der Waals surface area contributed by atoms with Crippen molar-refractivity contribution in [2.24, 2.45) is 0 Å². The van der Waals surface area contributed by atoms with Crippen molar-refractivity contribution in [1.82, 2.24) is 5.32 Å². The molecular weight excluding hydrogens is 352 g/mol. The second-order valence-electron chi connectivity index (χ2n) is 4.47. The number of halogens is 1. The van der Waals surface area contributed by atoms with Crippen LogP contribution in [0.1, 0.15) is 11.3 Å². The molecule has 0 aliphatic carbocycles. The number of amides is 2. The second-order valence-corrected chi connectivity index (χ2v) is 6.49. The van der Waals surface area contributed by atoms with E-state index in [9.17, 15) is 4.79 Å². The predicted octanol–water partition coefficient (Wildman–Crippen LogP) is 4.41. The molecule has 0 saturated carbocycles. The number of rotatable bonds is 6. The molecule has 2 aromatic rings. The molecule has 0 radical (unpaired) electrons. The van der Waals surface area contributed by atoms with E-state index in [2.05, 4.69) is 26.6 Å². The summed E-state index contributed by atoms with van der Waals surface area (Å²) in [7, 11) is 0. The van der Waals surface area contributed by atoms with E-state index in [4.69, 9.17) is 4.42 Å². The van der Waals surface area contributed by atoms with Crippen molar-refractivity contribution in [3.63, 3.8) is 0 Å². The van der Waals surface area contributed by atoms with Crippen LogP contribution in [0.4, 0.5) is 10.5 Å². The third kappa shape index (κ3) is 5.47. The average Bonchev–Trinajstić information content (AvgIpc) is 2.95. The van der Waals surface area contributed by atoms with E-state index in [0.717, 1.165) is 33.0 Å². The SMILES string of the molecule is Cc1cc(Br)ccc1NC(=O)NCCSCc1ccco1. The Bertz CT molecular complexity index is 587. The summed E-state index contributed by atoms with van der Waals surface area (Å²) in [6.45, 7) is 2.58. The van der Waals surface area contributed by atoms with Gasteiger partial charge in [-0.25, -0.2) is 4.79 Å². The molecule has 1 heterocycles. The van der Waals surface area contributed by atoms with Gasteiger partial charge >= 0.3 is 6.03 Å². The molecule has 6 heteroatoms. The molecule has 0 spiro atoms. The Labute approximate surface area is 136 Å². The molecule has 1 aromatic heterocycles. The quantitative estimate of drug-likeness (QED) is 0.742. The van der Waals surface area contributed by atoms with E-state index in [1.165, 1.54) is 0 Å². The van der Waals surface area contributed by atoms with Crippen LogP contribution in [0.5, 0.6) is 0 Å². The fraction of sp³-hybridized carbons (Fsp3) is 0.267. The molecule has 0 aliphatic rings. The fourth-order valence-electron chi connectivity index (χ4n) is 1.74. The van der Waals surface area contributed by atoms with Crippen molar-refractivity contribution >= 4 is 39.4 Å². The number of nitrogens with one attached hydrogen (secondary N) is 2. The molecule has 2 amide bonds. The van der Waals surface area contributed by atoms with E-state index >= 15 is 0 Å². The van der Waals surface area contributed by atoms with Crippen molar-refractivity contribution < 1.29 is 9.21 Å². The molecular formula is C15H17BrN2O2S. The summed E-state index contributed by atoms with van der Waals surface area (Å²) in [5, 5.41) is 5.68. The zero-order valence-electron chi connectivity index (χ0n) is 11.7. The number of hydrogen-bond acceptors (Lipinski definition) is 3. The van der Waals surface area contributed by atoms with Crippen LogP contribution in [0.15, 0.2) is 45.5 Å². The first kappa shape index (κ1) is 16.0. The zero-order chi connectivity index (χ0) is 15.1. The van der Waals surface area contributed by atoms with Gasteiger partial charge in [0.15, 0.2) is 0 Å². The van der Waals surface area contributed by atoms with Crippen molar-refractivity contribution in [3.8, 4) is 0 Å². The van der Waals surface area contributed by atoms with Gasteiger partial charge in [-0.05, 0) is 42.8 Å². The fourth-order valence-corrected chi connectivity index (χ4v) is 2.97. The number of carbonyl (C=O) groups excluding carboxylic acids is 1. The molecule has 0 bridgehead atoms. The van der Waals surface area contributed by atoms with Crippen molar-refractivity contribution in [2.75, 3.05) is 17.6 Å². The number of thioether (sulfide) groups is 1. The third-order valence-electron chi connectivity index (χ3n) is 2.79. The van der Waals surface area contributed by atoms with Gasteiger partial charge in [-0.15, -0.1) is 0 Å². The zero-order valence-corrected chi connectivity index (χ0v) is 14.1.